The fourth-order valence-corrected chi connectivity index (χ4v) is 2.77. The molecule has 0 radical (unpaired) electrons. The number of rotatable bonds is 2. The summed E-state index contributed by atoms with van der Waals surface area (Å²) in [4.78, 5) is 31.3. The third kappa shape index (κ3) is 2.20. The maximum Gasteiger partial charge on any atom is 0.244 e. The van der Waals surface area contributed by atoms with E-state index in [0.29, 0.717) is 5.75 Å². The van der Waals surface area contributed by atoms with Gasteiger partial charge in [0.25, 0.3) is 0 Å². The topological polar surface area (TPSA) is 53.5 Å². The van der Waals surface area contributed by atoms with Crippen LogP contribution in [0.3, 0.4) is 0 Å². The molecule has 1 aliphatic heterocycles. The van der Waals surface area contributed by atoms with Gasteiger partial charge < -0.3 is 4.90 Å². The van der Waals surface area contributed by atoms with Crippen molar-refractivity contribution in [2.24, 2.45) is 0 Å². The van der Waals surface area contributed by atoms with Gasteiger partial charge in [-0.05, 0) is 19.1 Å². The van der Waals surface area contributed by atoms with Gasteiger partial charge >= 0.3 is 0 Å². The minimum Gasteiger partial charge on any atom is -0.347 e. The van der Waals surface area contributed by atoms with Crippen molar-refractivity contribution in [3.05, 3.63) is 18.3 Å². The van der Waals surface area contributed by atoms with Gasteiger partial charge in [0.05, 0.1) is 11.4 Å². The number of amides is 2. The Bertz CT molecular complexity index is 490. The van der Waals surface area contributed by atoms with Gasteiger partial charge in [-0.1, -0.05) is 11.8 Å². The number of hydrogen-bond acceptors (Lipinski definition) is 4. The molecule has 0 spiro atoms. The number of nitrogens with zero attached hydrogens (tertiary/aromatic N) is 3. The standard InChI is InChI=1S/C12H15N3O2S/c1-8(12(17)14(2)3)15-9-5-4-6-13-11(9)18-7-10(15)16/h4-6,8H,7H2,1-3H3. The van der Waals surface area contributed by atoms with Crippen LogP contribution in [0.5, 0.6) is 0 Å². The molecule has 1 aromatic rings. The summed E-state index contributed by atoms with van der Waals surface area (Å²) in [5, 5.41) is 0.801. The lowest BCUT2D eigenvalue weighted by molar-refractivity contribution is -0.131. The van der Waals surface area contributed by atoms with E-state index in [1.54, 1.807) is 38.2 Å². The van der Waals surface area contributed by atoms with Crippen molar-refractivity contribution in [1.29, 1.82) is 0 Å². The molecule has 2 amide bonds. The van der Waals surface area contributed by atoms with E-state index in [0.717, 1.165) is 10.7 Å². The number of fused-ring (bicyclic) bond motifs is 1. The fraction of sp³-hybridized carbons (Fsp3) is 0.417. The van der Waals surface area contributed by atoms with Crippen LogP contribution >= 0.6 is 11.8 Å². The number of thioether (sulfide) groups is 1. The van der Waals surface area contributed by atoms with Gasteiger partial charge in [0.15, 0.2) is 0 Å². The molecule has 0 aliphatic carbocycles. The molecule has 18 heavy (non-hydrogen) atoms. The fourth-order valence-electron chi connectivity index (χ4n) is 1.92. The molecule has 0 N–H and O–H groups in total. The van der Waals surface area contributed by atoms with Crippen LogP contribution in [0.1, 0.15) is 6.92 Å². The average Bonchev–Trinajstić information content (AvgIpc) is 2.37. The normalized spacial score (nSPS) is 16.2. The molecule has 5 nitrogen and oxygen atoms in total. The van der Waals surface area contributed by atoms with Gasteiger partial charge in [0, 0.05) is 20.3 Å². The largest absolute Gasteiger partial charge is 0.347 e. The molecule has 1 atom stereocenters. The first-order chi connectivity index (χ1) is 8.52. The number of aromatic nitrogens is 1. The SMILES string of the molecule is CC(C(=O)N(C)C)N1C(=O)CSc2ncccc21. The first-order valence-electron chi connectivity index (χ1n) is 5.63. The molecule has 2 rings (SSSR count). The van der Waals surface area contributed by atoms with E-state index in [9.17, 15) is 9.59 Å². The monoisotopic (exact) mass is 265 g/mol. The number of carbonyl (C=O) groups is 2. The van der Waals surface area contributed by atoms with Crippen LogP contribution < -0.4 is 4.90 Å². The second kappa shape index (κ2) is 4.97. The quantitative estimate of drug-likeness (QED) is 0.800. The molecule has 0 saturated carbocycles. The maximum atomic E-state index is 12.0. The smallest absolute Gasteiger partial charge is 0.244 e. The van der Waals surface area contributed by atoms with E-state index in [-0.39, 0.29) is 11.8 Å². The maximum absolute atomic E-state index is 12.0. The Hall–Kier alpha value is -1.56. The van der Waals surface area contributed by atoms with Crippen molar-refractivity contribution >= 4 is 29.3 Å². The van der Waals surface area contributed by atoms with Crippen LogP contribution in [-0.4, -0.2) is 47.6 Å². The molecule has 2 heterocycles. The molecule has 1 unspecified atom stereocenters. The van der Waals surface area contributed by atoms with Crippen molar-refractivity contribution in [2.45, 2.75) is 18.0 Å². The van der Waals surface area contributed by atoms with E-state index >= 15 is 0 Å². The summed E-state index contributed by atoms with van der Waals surface area (Å²) in [6.45, 7) is 1.74. The first-order valence-corrected chi connectivity index (χ1v) is 6.62. The molecular weight excluding hydrogens is 250 g/mol. The summed E-state index contributed by atoms with van der Waals surface area (Å²) in [5.41, 5.74) is 0.724. The van der Waals surface area contributed by atoms with Gasteiger partial charge in [-0.2, -0.15) is 0 Å². The van der Waals surface area contributed by atoms with E-state index in [2.05, 4.69) is 4.98 Å². The summed E-state index contributed by atoms with van der Waals surface area (Å²) in [6, 6.07) is 3.10. The molecule has 96 valence electrons. The zero-order valence-electron chi connectivity index (χ0n) is 10.6. The Kier molecular flexibility index (Phi) is 3.56. The van der Waals surface area contributed by atoms with Crippen LogP contribution in [0, 0.1) is 0 Å². The van der Waals surface area contributed by atoms with E-state index in [1.807, 2.05) is 6.07 Å². The zero-order valence-corrected chi connectivity index (χ0v) is 11.4. The molecule has 1 aromatic heterocycles. The molecule has 0 saturated heterocycles. The second-order valence-electron chi connectivity index (χ2n) is 4.29. The van der Waals surface area contributed by atoms with Crippen LogP contribution in [0.25, 0.3) is 0 Å². The molecular formula is C12H15N3O2S. The van der Waals surface area contributed by atoms with Crippen molar-refractivity contribution in [2.75, 3.05) is 24.7 Å². The van der Waals surface area contributed by atoms with E-state index < -0.39 is 6.04 Å². The van der Waals surface area contributed by atoms with Crippen LogP contribution in [0.2, 0.25) is 0 Å². The lowest BCUT2D eigenvalue weighted by Crippen LogP contribution is -2.49. The summed E-state index contributed by atoms with van der Waals surface area (Å²) in [7, 11) is 3.37. The first kappa shape index (κ1) is 12.9. The van der Waals surface area contributed by atoms with Gasteiger partial charge in [0.2, 0.25) is 11.8 Å². The van der Waals surface area contributed by atoms with E-state index in [1.165, 1.54) is 16.7 Å². The summed E-state index contributed by atoms with van der Waals surface area (Å²) < 4.78 is 0. The Morgan fingerprint density at radius 3 is 2.94 bits per heavy atom. The highest BCUT2D eigenvalue weighted by atomic mass is 32.2. The van der Waals surface area contributed by atoms with Crippen molar-refractivity contribution in [3.8, 4) is 0 Å². The van der Waals surface area contributed by atoms with Crippen LogP contribution in [0.15, 0.2) is 23.4 Å². The van der Waals surface area contributed by atoms with Crippen LogP contribution in [0.4, 0.5) is 5.69 Å². The number of likely N-dealkylation sites (N-methyl/N-ethyl adjacent to an activating group) is 1. The highest BCUT2D eigenvalue weighted by molar-refractivity contribution is 8.00. The lowest BCUT2D eigenvalue weighted by atomic mass is 10.2. The highest BCUT2D eigenvalue weighted by Gasteiger charge is 2.33. The number of pyridine rings is 1. The Labute approximate surface area is 110 Å². The van der Waals surface area contributed by atoms with Gasteiger partial charge in [-0.25, -0.2) is 4.98 Å². The summed E-state index contributed by atoms with van der Waals surface area (Å²) in [5.74, 6) is 0.183. The molecule has 0 aromatic carbocycles. The minimum absolute atomic E-state index is 0.0526. The summed E-state index contributed by atoms with van der Waals surface area (Å²) >= 11 is 1.41. The number of carbonyl (C=O) groups excluding carboxylic acids is 2. The van der Waals surface area contributed by atoms with Gasteiger partial charge in [-0.3, -0.25) is 14.5 Å². The Balaban J connectivity index is 2.37. The van der Waals surface area contributed by atoms with Crippen molar-refractivity contribution < 1.29 is 9.59 Å². The third-order valence-corrected chi connectivity index (χ3v) is 3.78. The average molecular weight is 265 g/mol. The molecule has 0 fully saturated rings. The summed E-state index contributed by atoms with van der Waals surface area (Å²) in [6.07, 6.45) is 1.69. The second-order valence-corrected chi connectivity index (χ2v) is 5.25. The molecule has 6 heteroatoms. The number of anilines is 1. The third-order valence-electron chi connectivity index (χ3n) is 2.80. The molecule has 0 bridgehead atoms. The van der Waals surface area contributed by atoms with Gasteiger partial charge in [-0.15, -0.1) is 0 Å². The van der Waals surface area contributed by atoms with Crippen molar-refractivity contribution in [3.63, 3.8) is 0 Å². The highest BCUT2D eigenvalue weighted by Crippen LogP contribution is 2.34. The van der Waals surface area contributed by atoms with E-state index in [4.69, 9.17) is 0 Å². The Morgan fingerprint density at radius 1 is 1.56 bits per heavy atom. The van der Waals surface area contributed by atoms with Crippen LogP contribution in [-0.2, 0) is 9.59 Å². The minimum atomic E-state index is -0.503. The number of hydrogen-bond donors (Lipinski definition) is 0. The van der Waals surface area contributed by atoms with Gasteiger partial charge in [0.1, 0.15) is 11.1 Å². The zero-order chi connectivity index (χ0) is 13.3. The predicted molar refractivity (Wildman–Crippen MR) is 70.6 cm³/mol. The lowest BCUT2D eigenvalue weighted by Gasteiger charge is -2.33. The predicted octanol–water partition coefficient (Wildman–Crippen LogP) is 0.997. The molecule has 1 aliphatic rings. The van der Waals surface area contributed by atoms with Crippen molar-refractivity contribution in [1.82, 2.24) is 9.88 Å². The Morgan fingerprint density at radius 2 is 2.28 bits per heavy atom.